The van der Waals surface area contributed by atoms with Crippen LogP contribution in [0, 0.1) is 0 Å². The van der Waals surface area contributed by atoms with Gasteiger partial charge in [-0.25, -0.2) is 0 Å². The third-order valence-electron chi connectivity index (χ3n) is 1.82. The predicted octanol–water partition coefficient (Wildman–Crippen LogP) is 1.83. The van der Waals surface area contributed by atoms with Crippen molar-refractivity contribution in [2.24, 2.45) is 5.73 Å². The maximum absolute atomic E-state index is 11.2. The van der Waals surface area contributed by atoms with Crippen LogP contribution >= 0.6 is 28.3 Å². The first kappa shape index (κ1) is 14.4. The molecule has 0 radical (unpaired) electrons. The molecule has 3 nitrogen and oxygen atoms in total. The van der Waals surface area contributed by atoms with E-state index in [4.69, 9.17) is 5.73 Å². The molecule has 15 heavy (non-hydrogen) atoms. The molecule has 1 amide bonds. The molecule has 0 heterocycles. The van der Waals surface area contributed by atoms with Crippen LogP contribution in [0.3, 0.4) is 0 Å². The van der Waals surface area contributed by atoms with E-state index in [1.165, 1.54) is 0 Å². The highest BCUT2D eigenvalue weighted by Gasteiger charge is 2.06. The number of amides is 1. The molecule has 3 N–H and O–H groups in total. The molecule has 0 saturated heterocycles. The quantitative estimate of drug-likeness (QED) is 0.893. The molecule has 1 aromatic rings. The zero-order valence-electron chi connectivity index (χ0n) is 8.37. The lowest BCUT2D eigenvalue weighted by molar-refractivity contribution is -0.122. The van der Waals surface area contributed by atoms with Crippen LogP contribution in [0.25, 0.3) is 0 Å². The minimum absolute atomic E-state index is 0. The second-order valence-corrected chi connectivity index (χ2v) is 3.95. The molecule has 1 atom stereocenters. The Morgan fingerprint density at radius 2 is 2.13 bits per heavy atom. The first-order chi connectivity index (χ1) is 6.61. The maximum Gasteiger partial charge on any atom is 0.236 e. The molecule has 0 bridgehead atoms. The molecule has 0 unspecified atom stereocenters. The average molecular weight is 294 g/mol. The van der Waals surface area contributed by atoms with Crippen molar-refractivity contribution in [3.05, 3.63) is 34.3 Å². The summed E-state index contributed by atoms with van der Waals surface area (Å²) in [5.41, 5.74) is 6.46. The number of hydrogen-bond acceptors (Lipinski definition) is 2. The number of hydrogen-bond donors (Lipinski definition) is 2. The molecular formula is C10H14BrClN2O. The van der Waals surface area contributed by atoms with Gasteiger partial charge in [-0.1, -0.05) is 34.1 Å². The monoisotopic (exact) mass is 292 g/mol. The van der Waals surface area contributed by atoms with Gasteiger partial charge in [0.05, 0.1) is 6.04 Å². The average Bonchev–Trinajstić information content (AvgIpc) is 2.16. The van der Waals surface area contributed by atoms with Gasteiger partial charge in [0.15, 0.2) is 0 Å². The topological polar surface area (TPSA) is 55.1 Å². The minimum Gasteiger partial charge on any atom is -0.351 e. The number of carbonyl (C=O) groups is 1. The van der Waals surface area contributed by atoms with E-state index in [1.54, 1.807) is 6.92 Å². The first-order valence-electron chi connectivity index (χ1n) is 4.38. The summed E-state index contributed by atoms with van der Waals surface area (Å²) in [5.74, 6) is -0.138. The Morgan fingerprint density at radius 1 is 1.53 bits per heavy atom. The summed E-state index contributed by atoms with van der Waals surface area (Å²) in [6.45, 7) is 2.16. The van der Waals surface area contributed by atoms with Crippen molar-refractivity contribution in [3.63, 3.8) is 0 Å². The van der Waals surface area contributed by atoms with Crippen LogP contribution in [0.2, 0.25) is 0 Å². The van der Waals surface area contributed by atoms with Crippen LogP contribution in [0.4, 0.5) is 0 Å². The number of rotatable bonds is 3. The van der Waals surface area contributed by atoms with Crippen molar-refractivity contribution in [1.29, 1.82) is 0 Å². The van der Waals surface area contributed by atoms with Gasteiger partial charge in [-0.05, 0) is 18.6 Å². The second kappa shape index (κ2) is 6.82. The van der Waals surface area contributed by atoms with Crippen molar-refractivity contribution in [1.82, 2.24) is 5.32 Å². The molecule has 5 heteroatoms. The number of benzene rings is 1. The molecule has 84 valence electrons. The first-order valence-corrected chi connectivity index (χ1v) is 5.17. The summed E-state index contributed by atoms with van der Waals surface area (Å²) >= 11 is 3.40. The summed E-state index contributed by atoms with van der Waals surface area (Å²) in [6, 6.07) is 7.29. The second-order valence-electron chi connectivity index (χ2n) is 3.10. The molecule has 0 fully saturated rings. The zero-order chi connectivity index (χ0) is 10.6. The lowest BCUT2D eigenvalue weighted by atomic mass is 10.2. The van der Waals surface area contributed by atoms with Crippen molar-refractivity contribution >= 4 is 34.2 Å². The fourth-order valence-corrected chi connectivity index (χ4v) is 1.41. The van der Waals surface area contributed by atoms with Crippen LogP contribution in [-0.2, 0) is 11.3 Å². The van der Waals surface area contributed by atoms with E-state index >= 15 is 0 Å². The Kier molecular flexibility index (Phi) is 6.56. The van der Waals surface area contributed by atoms with Crippen LogP contribution in [-0.4, -0.2) is 11.9 Å². The number of carbonyl (C=O) groups excluding carboxylic acids is 1. The highest BCUT2D eigenvalue weighted by Crippen LogP contribution is 2.15. The number of nitrogens with one attached hydrogen (secondary N) is 1. The van der Waals surface area contributed by atoms with E-state index in [0.29, 0.717) is 6.54 Å². The largest absolute Gasteiger partial charge is 0.351 e. The summed E-state index contributed by atoms with van der Waals surface area (Å²) < 4.78 is 0.991. The third kappa shape index (κ3) is 4.64. The summed E-state index contributed by atoms with van der Waals surface area (Å²) in [5, 5.41) is 2.75. The van der Waals surface area contributed by atoms with Gasteiger partial charge in [-0.2, -0.15) is 0 Å². The van der Waals surface area contributed by atoms with E-state index in [9.17, 15) is 4.79 Å². The van der Waals surface area contributed by atoms with Crippen molar-refractivity contribution < 1.29 is 4.79 Å². The van der Waals surface area contributed by atoms with Crippen LogP contribution < -0.4 is 11.1 Å². The number of halogens is 2. The number of nitrogens with two attached hydrogens (primary N) is 1. The van der Waals surface area contributed by atoms with E-state index in [-0.39, 0.29) is 18.3 Å². The van der Waals surface area contributed by atoms with Crippen molar-refractivity contribution in [3.8, 4) is 0 Å². The van der Waals surface area contributed by atoms with Gasteiger partial charge in [-0.3, -0.25) is 4.79 Å². The van der Waals surface area contributed by atoms with E-state index in [1.807, 2.05) is 24.3 Å². The molecule has 1 rings (SSSR count). The van der Waals surface area contributed by atoms with E-state index < -0.39 is 6.04 Å². The smallest absolute Gasteiger partial charge is 0.236 e. The fraction of sp³-hybridized carbons (Fsp3) is 0.300. The summed E-state index contributed by atoms with van der Waals surface area (Å²) in [7, 11) is 0. The van der Waals surface area contributed by atoms with Crippen LogP contribution in [0.15, 0.2) is 28.7 Å². The Bertz CT molecular complexity index is 331. The predicted molar refractivity (Wildman–Crippen MR) is 66.9 cm³/mol. The fourth-order valence-electron chi connectivity index (χ4n) is 0.985. The van der Waals surface area contributed by atoms with Gasteiger partial charge in [0.25, 0.3) is 0 Å². The van der Waals surface area contributed by atoms with Gasteiger partial charge in [0.2, 0.25) is 5.91 Å². The lowest BCUT2D eigenvalue weighted by Crippen LogP contribution is -2.37. The maximum atomic E-state index is 11.2. The molecule has 0 aromatic heterocycles. The molecule has 1 aromatic carbocycles. The molecule has 0 aliphatic heterocycles. The standard InChI is InChI=1S/C10H13BrN2O.ClH/c1-7(12)10(14)13-6-8-4-2-3-5-9(8)11;/h2-5,7H,6,12H2,1H3,(H,13,14);1H/t7-;/m1./s1. The van der Waals surface area contributed by atoms with E-state index in [0.717, 1.165) is 10.0 Å². The van der Waals surface area contributed by atoms with Crippen LogP contribution in [0.5, 0.6) is 0 Å². The highest BCUT2D eigenvalue weighted by molar-refractivity contribution is 9.10. The lowest BCUT2D eigenvalue weighted by Gasteiger charge is -2.08. The molecule has 0 aliphatic carbocycles. The Balaban J connectivity index is 0.00000196. The van der Waals surface area contributed by atoms with Gasteiger partial charge < -0.3 is 11.1 Å². The normalized spacial score (nSPS) is 11.4. The minimum atomic E-state index is -0.461. The molecule has 0 aliphatic rings. The van der Waals surface area contributed by atoms with Gasteiger partial charge >= 0.3 is 0 Å². The molecule has 0 spiro atoms. The Morgan fingerprint density at radius 3 is 2.67 bits per heavy atom. The molecule has 0 saturated carbocycles. The highest BCUT2D eigenvalue weighted by atomic mass is 79.9. The third-order valence-corrected chi connectivity index (χ3v) is 2.60. The van der Waals surface area contributed by atoms with E-state index in [2.05, 4.69) is 21.2 Å². The molecular weight excluding hydrogens is 279 g/mol. The van der Waals surface area contributed by atoms with Gasteiger partial charge in [0.1, 0.15) is 0 Å². The zero-order valence-corrected chi connectivity index (χ0v) is 10.8. The van der Waals surface area contributed by atoms with Crippen molar-refractivity contribution in [2.45, 2.75) is 19.5 Å². The summed E-state index contributed by atoms with van der Waals surface area (Å²) in [4.78, 5) is 11.2. The van der Waals surface area contributed by atoms with Crippen LogP contribution in [0.1, 0.15) is 12.5 Å². The van der Waals surface area contributed by atoms with Crippen molar-refractivity contribution in [2.75, 3.05) is 0 Å². The van der Waals surface area contributed by atoms with Gasteiger partial charge in [-0.15, -0.1) is 12.4 Å². The Labute approximate surface area is 104 Å². The SMILES string of the molecule is C[C@@H](N)C(=O)NCc1ccccc1Br.Cl. The van der Waals surface area contributed by atoms with Gasteiger partial charge in [0, 0.05) is 11.0 Å². The Hall–Kier alpha value is -0.580. The summed E-state index contributed by atoms with van der Waals surface area (Å²) in [6.07, 6.45) is 0.